The van der Waals surface area contributed by atoms with Gasteiger partial charge in [0.1, 0.15) is 23.9 Å². The molecular weight excluding hydrogens is 502 g/mol. The van der Waals surface area contributed by atoms with Gasteiger partial charge in [-0.3, -0.25) is 19.2 Å². The first-order valence-electron chi connectivity index (χ1n) is 11.5. The topological polar surface area (TPSA) is 263 Å². The van der Waals surface area contributed by atoms with Crippen LogP contribution in [0.3, 0.4) is 0 Å². The first kappa shape index (κ1) is 29.7. The number of nitrogens with one attached hydrogen (secondary N) is 4. The molecular formula is C23H31N7O8. The van der Waals surface area contributed by atoms with Crippen LogP contribution in [0.25, 0.3) is 0 Å². The zero-order valence-electron chi connectivity index (χ0n) is 20.5. The average Bonchev–Trinajstić information content (AvgIpc) is 3.35. The van der Waals surface area contributed by atoms with Gasteiger partial charge in [-0.1, -0.05) is 12.1 Å². The Bertz CT molecular complexity index is 1120. The quantitative estimate of drug-likeness (QED) is 0.119. The number of H-pyrrole nitrogens is 1. The summed E-state index contributed by atoms with van der Waals surface area (Å²) in [6.45, 7) is 1.21. The van der Waals surface area contributed by atoms with Crippen LogP contribution < -0.4 is 27.4 Å². The Kier molecular flexibility index (Phi) is 10.7. The maximum Gasteiger partial charge on any atom is 0.326 e. The predicted octanol–water partition coefficient (Wildman–Crippen LogP) is -2.98. The molecule has 0 spiro atoms. The number of carboxylic acids is 1. The van der Waals surface area contributed by atoms with E-state index in [0.717, 1.165) is 0 Å². The normalized spacial score (nSPS) is 14.8. The number of rotatable bonds is 14. The van der Waals surface area contributed by atoms with Crippen LogP contribution in [0.5, 0.6) is 5.75 Å². The van der Waals surface area contributed by atoms with Gasteiger partial charge in [0, 0.05) is 18.3 Å². The highest BCUT2D eigenvalue weighted by Crippen LogP contribution is 2.11. The highest BCUT2D eigenvalue weighted by Gasteiger charge is 2.33. The van der Waals surface area contributed by atoms with Crippen LogP contribution in [0.1, 0.15) is 24.6 Å². The van der Waals surface area contributed by atoms with E-state index < -0.39 is 66.3 Å². The summed E-state index contributed by atoms with van der Waals surface area (Å²) in [6, 6.07) is 0.220. The van der Waals surface area contributed by atoms with E-state index in [1.54, 1.807) is 12.1 Å². The van der Waals surface area contributed by atoms with Gasteiger partial charge in [-0.2, -0.15) is 0 Å². The number of phenols is 1. The largest absolute Gasteiger partial charge is 0.508 e. The molecule has 38 heavy (non-hydrogen) atoms. The van der Waals surface area contributed by atoms with Gasteiger partial charge in [0.15, 0.2) is 0 Å². The van der Waals surface area contributed by atoms with Gasteiger partial charge in [0.05, 0.1) is 24.9 Å². The molecule has 15 heteroatoms. The number of hydrogen-bond acceptors (Lipinski definition) is 9. The van der Waals surface area contributed by atoms with Crippen LogP contribution in [0.4, 0.5) is 0 Å². The fourth-order valence-electron chi connectivity index (χ4n) is 3.40. The van der Waals surface area contributed by atoms with Crippen molar-refractivity contribution in [2.24, 2.45) is 11.5 Å². The van der Waals surface area contributed by atoms with Crippen molar-refractivity contribution in [2.75, 3.05) is 0 Å². The molecule has 15 nitrogen and oxygen atoms in total. The lowest BCUT2D eigenvalue weighted by molar-refractivity contribution is -0.142. The first-order valence-corrected chi connectivity index (χ1v) is 11.5. The molecule has 0 saturated heterocycles. The van der Waals surface area contributed by atoms with E-state index in [1.807, 2.05) is 0 Å². The summed E-state index contributed by atoms with van der Waals surface area (Å²) in [5.74, 6) is -5.17. The van der Waals surface area contributed by atoms with Crippen LogP contribution >= 0.6 is 0 Å². The Balaban J connectivity index is 2.09. The number of aromatic amines is 1. The van der Waals surface area contributed by atoms with Crippen molar-refractivity contribution in [2.45, 2.75) is 56.5 Å². The molecule has 5 unspecified atom stereocenters. The molecule has 1 heterocycles. The monoisotopic (exact) mass is 533 g/mol. The third-order valence-corrected chi connectivity index (χ3v) is 5.42. The smallest absolute Gasteiger partial charge is 0.326 e. The number of primary amides is 1. The summed E-state index contributed by atoms with van der Waals surface area (Å²) in [6.07, 6.45) is 0.461. The minimum atomic E-state index is -1.60. The van der Waals surface area contributed by atoms with Crippen molar-refractivity contribution in [3.63, 3.8) is 0 Å². The number of benzene rings is 1. The third kappa shape index (κ3) is 9.18. The van der Waals surface area contributed by atoms with Gasteiger partial charge in [0.2, 0.25) is 23.6 Å². The second-order valence-electron chi connectivity index (χ2n) is 8.62. The Labute approximate surface area is 217 Å². The molecule has 5 atom stereocenters. The molecule has 0 aliphatic heterocycles. The Morgan fingerprint density at radius 2 is 1.61 bits per heavy atom. The molecule has 1 aromatic heterocycles. The van der Waals surface area contributed by atoms with Crippen molar-refractivity contribution in [1.29, 1.82) is 0 Å². The molecule has 206 valence electrons. The van der Waals surface area contributed by atoms with Crippen LogP contribution in [0, 0.1) is 0 Å². The highest BCUT2D eigenvalue weighted by molar-refractivity contribution is 5.96. The minimum absolute atomic E-state index is 0.0307. The fraction of sp³-hybridized carbons (Fsp3) is 0.391. The number of imidazole rings is 1. The standard InChI is InChI=1S/C23H31N7O8/c1-11(31)19(30-20(34)15(24)6-12-2-4-14(32)5-3-12)22(36)28-16(8-18(25)33)21(35)29-17(23(37)38)7-13-9-26-10-27-13/h2-5,9-11,15-17,19,31-32H,6-8,24H2,1H3,(H2,25,33)(H,26,27)(H,28,36)(H,29,35)(H,30,34)(H,37,38). The number of aliphatic carboxylic acids is 1. The lowest BCUT2D eigenvalue weighted by atomic mass is 10.0. The molecule has 2 aromatic rings. The summed E-state index contributed by atoms with van der Waals surface area (Å²) in [4.78, 5) is 67.9. The van der Waals surface area contributed by atoms with E-state index in [9.17, 15) is 39.3 Å². The maximum atomic E-state index is 12.9. The number of carbonyl (C=O) groups excluding carboxylic acids is 4. The average molecular weight is 534 g/mol. The van der Waals surface area contributed by atoms with E-state index in [-0.39, 0.29) is 18.6 Å². The lowest BCUT2D eigenvalue weighted by Crippen LogP contribution is -2.60. The number of phenolic OH excluding ortho intramolecular Hbond substituents is 1. The number of carbonyl (C=O) groups is 5. The van der Waals surface area contributed by atoms with Crippen molar-refractivity contribution in [1.82, 2.24) is 25.9 Å². The Morgan fingerprint density at radius 3 is 2.13 bits per heavy atom. The predicted molar refractivity (Wildman–Crippen MR) is 131 cm³/mol. The zero-order chi connectivity index (χ0) is 28.4. The van der Waals surface area contributed by atoms with Gasteiger partial charge in [-0.05, 0) is 31.0 Å². The summed E-state index contributed by atoms with van der Waals surface area (Å²) in [7, 11) is 0. The maximum absolute atomic E-state index is 12.9. The number of aromatic hydroxyl groups is 1. The van der Waals surface area contributed by atoms with Gasteiger partial charge in [0.25, 0.3) is 0 Å². The number of carboxylic acid groups (broad SMARTS) is 1. The number of amides is 4. The van der Waals surface area contributed by atoms with Crippen molar-refractivity contribution < 1.29 is 39.3 Å². The van der Waals surface area contributed by atoms with Gasteiger partial charge in [-0.25, -0.2) is 9.78 Å². The number of aliphatic hydroxyl groups is 1. The van der Waals surface area contributed by atoms with Crippen molar-refractivity contribution in [3.05, 3.63) is 48.0 Å². The second-order valence-corrected chi connectivity index (χ2v) is 8.62. The fourth-order valence-corrected chi connectivity index (χ4v) is 3.40. The van der Waals surface area contributed by atoms with Crippen LogP contribution in [-0.2, 0) is 36.8 Å². The summed E-state index contributed by atoms with van der Waals surface area (Å²) in [5, 5.41) is 35.7. The molecule has 0 radical (unpaired) electrons. The van der Waals surface area contributed by atoms with E-state index >= 15 is 0 Å². The molecule has 0 saturated carbocycles. The van der Waals surface area contributed by atoms with E-state index in [0.29, 0.717) is 11.3 Å². The van der Waals surface area contributed by atoms with Crippen molar-refractivity contribution in [3.8, 4) is 5.75 Å². The molecule has 0 aliphatic rings. The first-order chi connectivity index (χ1) is 17.9. The third-order valence-electron chi connectivity index (χ3n) is 5.42. The van der Waals surface area contributed by atoms with E-state index in [1.165, 1.54) is 31.6 Å². The molecule has 0 fully saturated rings. The zero-order valence-corrected chi connectivity index (χ0v) is 20.5. The van der Waals surface area contributed by atoms with Crippen LogP contribution in [0.2, 0.25) is 0 Å². The van der Waals surface area contributed by atoms with Gasteiger partial charge in [-0.15, -0.1) is 0 Å². The molecule has 0 bridgehead atoms. The summed E-state index contributed by atoms with van der Waals surface area (Å²) < 4.78 is 0. The van der Waals surface area contributed by atoms with Crippen LogP contribution in [-0.4, -0.2) is 85.2 Å². The Hall–Kier alpha value is -4.50. The number of nitrogens with two attached hydrogens (primary N) is 2. The van der Waals surface area contributed by atoms with Gasteiger partial charge >= 0.3 is 5.97 Å². The van der Waals surface area contributed by atoms with E-state index in [2.05, 4.69) is 25.9 Å². The molecule has 4 amide bonds. The minimum Gasteiger partial charge on any atom is -0.508 e. The lowest BCUT2D eigenvalue weighted by Gasteiger charge is -2.26. The molecule has 0 aliphatic carbocycles. The SMILES string of the molecule is CC(O)C(NC(=O)C(N)Cc1ccc(O)cc1)C(=O)NC(CC(N)=O)C(=O)NC(Cc1cnc[nH]1)C(=O)O. The van der Waals surface area contributed by atoms with E-state index in [4.69, 9.17) is 11.5 Å². The molecule has 1 aromatic carbocycles. The number of nitrogens with zero attached hydrogens (tertiary/aromatic N) is 1. The summed E-state index contributed by atoms with van der Waals surface area (Å²) >= 11 is 0. The molecule has 11 N–H and O–H groups in total. The number of aliphatic hydroxyl groups excluding tert-OH is 1. The molecule has 2 rings (SSSR count). The Morgan fingerprint density at radius 1 is 0.974 bits per heavy atom. The van der Waals surface area contributed by atoms with Crippen molar-refractivity contribution >= 4 is 29.6 Å². The summed E-state index contributed by atoms with van der Waals surface area (Å²) in [5.41, 5.74) is 12.1. The second kappa shape index (κ2) is 13.7. The number of hydrogen-bond donors (Lipinski definition) is 9. The van der Waals surface area contributed by atoms with Gasteiger partial charge < -0.3 is 47.7 Å². The highest BCUT2D eigenvalue weighted by atomic mass is 16.4. The number of aromatic nitrogens is 2. The van der Waals surface area contributed by atoms with Crippen LogP contribution in [0.15, 0.2) is 36.8 Å².